The fourth-order valence-electron chi connectivity index (χ4n) is 3.51. The summed E-state index contributed by atoms with van der Waals surface area (Å²) in [6, 6.07) is 0.514. The molecule has 1 saturated heterocycles. The molecule has 0 amide bonds. The molecule has 3 fully saturated rings. The van der Waals surface area contributed by atoms with Gasteiger partial charge in [0.1, 0.15) is 5.78 Å². The third-order valence-electron chi connectivity index (χ3n) is 4.73. The zero-order valence-corrected chi connectivity index (χ0v) is 9.43. The minimum absolute atomic E-state index is 0.193. The third kappa shape index (κ3) is 1.63. The quantitative estimate of drug-likeness (QED) is 0.714. The third-order valence-corrected chi connectivity index (χ3v) is 4.73. The maximum absolute atomic E-state index is 12.3. The van der Waals surface area contributed by atoms with Gasteiger partial charge in [-0.1, -0.05) is 12.8 Å². The van der Waals surface area contributed by atoms with Crippen molar-refractivity contribution in [3.05, 3.63) is 0 Å². The lowest BCUT2D eigenvalue weighted by Crippen LogP contribution is -2.38. The van der Waals surface area contributed by atoms with Crippen molar-refractivity contribution < 1.29 is 4.79 Å². The molecule has 0 bridgehead atoms. The van der Waals surface area contributed by atoms with Gasteiger partial charge in [0, 0.05) is 17.4 Å². The van der Waals surface area contributed by atoms with Gasteiger partial charge in [0.25, 0.3) is 0 Å². The highest BCUT2D eigenvalue weighted by molar-refractivity contribution is 5.92. The minimum Gasteiger partial charge on any atom is -0.313 e. The van der Waals surface area contributed by atoms with E-state index in [0.29, 0.717) is 17.7 Å². The summed E-state index contributed by atoms with van der Waals surface area (Å²) < 4.78 is 0. The highest BCUT2D eigenvalue weighted by Gasteiger charge is 2.56. The Bertz CT molecular complexity index is 262. The molecule has 1 spiro atoms. The molecule has 0 radical (unpaired) electrons. The van der Waals surface area contributed by atoms with Crippen LogP contribution >= 0.6 is 0 Å². The SMILES string of the molecule is O=C1C(C2CCCCCN2)CCC12CC2. The van der Waals surface area contributed by atoms with Crippen LogP contribution in [0.3, 0.4) is 0 Å². The van der Waals surface area contributed by atoms with Crippen LogP contribution in [-0.4, -0.2) is 18.4 Å². The fourth-order valence-corrected chi connectivity index (χ4v) is 3.51. The van der Waals surface area contributed by atoms with E-state index in [1.54, 1.807) is 0 Å². The number of hydrogen-bond acceptors (Lipinski definition) is 2. The van der Waals surface area contributed by atoms with Crippen LogP contribution in [0.1, 0.15) is 51.4 Å². The number of carbonyl (C=O) groups is 1. The van der Waals surface area contributed by atoms with Crippen LogP contribution in [0.25, 0.3) is 0 Å². The molecule has 3 rings (SSSR count). The molecule has 84 valence electrons. The van der Waals surface area contributed by atoms with Crippen molar-refractivity contribution in [2.45, 2.75) is 57.4 Å². The van der Waals surface area contributed by atoms with Crippen molar-refractivity contribution in [3.8, 4) is 0 Å². The topological polar surface area (TPSA) is 29.1 Å². The van der Waals surface area contributed by atoms with Gasteiger partial charge in [0.2, 0.25) is 0 Å². The number of ketones is 1. The summed E-state index contributed by atoms with van der Waals surface area (Å²) in [5.41, 5.74) is 0.193. The van der Waals surface area contributed by atoms with Gasteiger partial charge in [-0.25, -0.2) is 0 Å². The monoisotopic (exact) mass is 207 g/mol. The van der Waals surface area contributed by atoms with Crippen molar-refractivity contribution >= 4 is 5.78 Å². The molecule has 2 aliphatic carbocycles. The van der Waals surface area contributed by atoms with Crippen LogP contribution in [0, 0.1) is 11.3 Å². The van der Waals surface area contributed by atoms with E-state index in [9.17, 15) is 4.79 Å². The molecule has 15 heavy (non-hydrogen) atoms. The average molecular weight is 207 g/mol. The van der Waals surface area contributed by atoms with E-state index in [2.05, 4.69) is 5.32 Å². The average Bonchev–Trinajstić information content (AvgIpc) is 2.97. The molecule has 2 saturated carbocycles. The summed E-state index contributed by atoms with van der Waals surface area (Å²) >= 11 is 0. The summed E-state index contributed by atoms with van der Waals surface area (Å²) in [5.74, 6) is 0.979. The van der Waals surface area contributed by atoms with Crippen molar-refractivity contribution in [3.63, 3.8) is 0 Å². The van der Waals surface area contributed by atoms with Crippen LogP contribution in [0.2, 0.25) is 0 Å². The molecule has 2 unspecified atom stereocenters. The van der Waals surface area contributed by atoms with E-state index < -0.39 is 0 Å². The van der Waals surface area contributed by atoms with E-state index in [4.69, 9.17) is 0 Å². The first-order chi connectivity index (χ1) is 7.32. The smallest absolute Gasteiger partial charge is 0.143 e. The normalized spacial score (nSPS) is 39.3. The first kappa shape index (κ1) is 9.83. The van der Waals surface area contributed by atoms with Gasteiger partial charge in [-0.2, -0.15) is 0 Å². The Morgan fingerprint density at radius 1 is 1.07 bits per heavy atom. The Morgan fingerprint density at radius 2 is 1.93 bits per heavy atom. The predicted molar refractivity (Wildman–Crippen MR) is 59.7 cm³/mol. The summed E-state index contributed by atoms with van der Waals surface area (Å²) in [7, 11) is 0. The number of Topliss-reactive ketones (excluding diaryl/α,β-unsaturated/α-hetero) is 1. The van der Waals surface area contributed by atoms with Gasteiger partial charge < -0.3 is 5.32 Å². The van der Waals surface area contributed by atoms with Gasteiger partial charge in [-0.05, 0) is 45.1 Å². The van der Waals surface area contributed by atoms with Crippen molar-refractivity contribution in [1.29, 1.82) is 0 Å². The Kier molecular flexibility index (Phi) is 2.35. The molecule has 1 aliphatic heterocycles. The Hall–Kier alpha value is -0.370. The lowest BCUT2D eigenvalue weighted by molar-refractivity contribution is -0.125. The molecule has 1 heterocycles. The second kappa shape index (κ2) is 3.58. The van der Waals surface area contributed by atoms with Gasteiger partial charge in [0.05, 0.1) is 0 Å². The van der Waals surface area contributed by atoms with Crippen LogP contribution in [0.4, 0.5) is 0 Å². The molecule has 0 aromatic heterocycles. The fraction of sp³-hybridized carbons (Fsp3) is 0.923. The lowest BCUT2D eigenvalue weighted by Gasteiger charge is -2.22. The van der Waals surface area contributed by atoms with Crippen LogP contribution in [0.5, 0.6) is 0 Å². The maximum atomic E-state index is 12.3. The van der Waals surface area contributed by atoms with Crippen molar-refractivity contribution in [2.24, 2.45) is 11.3 Å². The molecular formula is C13H21NO. The molecule has 2 heteroatoms. The molecule has 0 aromatic carbocycles. The minimum atomic E-state index is 0.193. The van der Waals surface area contributed by atoms with Gasteiger partial charge in [-0.15, -0.1) is 0 Å². The highest BCUT2D eigenvalue weighted by atomic mass is 16.1. The van der Waals surface area contributed by atoms with Crippen molar-refractivity contribution in [1.82, 2.24) is 5.32 Å². The first-order valence-electron chi connectivity index (χ1n) is 6.60. The predicted octanol–water partition coefficient (Wildman–Crippen LogP) is 2.28. The second-order valence-electron chi connectivity index (χ2n) is 5.70. The van der Waals surface area contributed by atoms with Crippen LogP contribution in [-0.2, 0) is 4.79 Å². The number of nitrogens with one attached hydrogen (secondary N) is 1. The van der Waals surface area contributed by atoms with E-state index in [-0.39, 0.29) is 5.41 Å². The van der Waals surface area contributed by atoms with Crippen LogP contribution < -0.4 is 5.32 Å². The highest BCUT2D eigenvalue weighted by Crippen LogP contribution is 2.57. The zero-order chi connectivity index (χ0) is 10.3. The largest absolute Gasteiger partial charge is 0.313 e. The van der Waals surface area contributed by atoms with Gasteiger partial charge >= 0.3 is 0 Å². The standard InChI is InChI=1S/C13H21NO/c15-12-10(5-6-13(12)7-8-13)11-4-2-1-3-9-14-11/h10-11,14H,1-9H2. The second-order valence-corrected chi connectivity index (χ2v) is 5.70. The Labute approximate surface area is 91.8 Å². The van der Waals surface area contributed by atoms with E-state index >= 15 is 0 Å². The number of carbonyl (C=O) groups excluding carboxylic acids is 1. The van der Waals surface area contributed by atoms with Gasteiger partial charge in [0.15, 0.2) is 0 Å². The molecule has 2 atom stereocenters. The number of hydrogen-bond donors (Lipinski definition) is 1. The van der Waals surface area contributed by atoms with Crippen molar-refractivity contribution in [2.75, 3.05) is 6.54 Å². The van der Waals surface area contributed by atoms with Crippen LogP contribution in [0.15, 0.2) is 0 Å². The molecule has 1 N–H and O–H groups in total. The molecular weight excluding hydrogens is 186 g/mol. The summed E-state index contributed by atoms with van der Waals surface area (Å²) in [5, 5.41) is 3.60. The molecule has 2 nitrogen and oxygen atoms in total. The Balaban J connectivity index is 1.68. The summed E-state index contributed by atoms with van der Waals surface area (Å²) in [6.45, 7) is 1.13. The molecule has 3 aliphatic rings. The lowest BCUT2D eigenvalue weighted by atomic mass is 9.91. The Morgan fingerprint density at radius 3 is 2.67 bits per heavy atom. The van der Waals surface area contributed by atoms with Gasteiger partial charge in [-0.3, -0.25) is 4.79 Å². The zero-order valence-electron chi connectivity index (χ0n) is 9.43. The maximum Gasteiger partial charge on any atom is 0.143 e. The summed E-state index contributed by atoms with van der Waals surface area (Å²) in [6.07, 6.45) is 9.91. The first-order valence-corrected chi connectivity index (χ1v) is 6.60. The van der Waals surface area contributed by atoms with E-state index in [1.165, 1.54) is 44.9 Å². The van der Waals surface area contributed by atoms with E-state index in [0.717, 1.165) is 13.0 Å². The number of rotatable bonds is 1. The summed E-state index contributed by atoms with van der Waals surface area (Å²) in [4.78, 5) is 12.3. The van der Waals surface area contributed by atoms with E-state index in [1.807, 2.05) is 0 Å². The molecule has 0 aromatic rings.